The van der Waals surface area contributed by atoms with Gasteiger partial charge >= 0.3 is 11.9 Å². The van der Waals surface area contributed by atoms with Gasteiger partial charge in [-0.15, -0.1) is 0 Å². The Hall–Kier alpha value is -1.06. The van der Waals surface area contributed by atoms with Crippen molar-refractivity contribution in [2.75, 3.05) is 0 Å². The van der Waals surface area contributed by atoms with E-state index in [2.05, 4.69) is 0 Å². The number of unbranched alkanes of at least 4 members (excludes halogenated alkanes) is 5. The molecule has 0 rings (SSSR count). The van der Waals surface area contributed by atoms with Crippen molar-refractivity contribution in [2.24, 2.45) is 0 Å². The van der Waals surface area contributed by atoms with Crippen molar-refractivity contribution in [1.29, 1.82) is 0 Å². The van der Waals surface area contributed by atoms with Gasteiger partial charge in [-0.05, 0) is 25.7 Å². The highest BCUT2D eigenvalue weighted by molar-refractivity contribution is 5.66. The van der Waals surface area contributed by atoms with Crippen LogP contribution >= 0.6 is 0 Å². The van der Waals surface area contributed by atoms with Gasteiger partial charge in [-0.25, -0.2) is 0 Å². The summed E-state index contributed by atoms with van der Waals surface area (Å²) in [6, 6.07) is 0. The first-order valence-corrected chi connectivity index (χ1v) is 4.88. The molecule has 0 aliphatic heterocycles. The molecule has 0 aromatic heterocycles. The smallest absolute Gasteiger partial charge is 0.303 e. The Balaban J connectivity index is 2.99. The van der Waals surface area contributed by atoms with E-state index >= 15 is 0 Å². The third kappa shape index (κ3) is 10.9. The van der Waals surface area contributed by atoms with E-state index in [0.717, 1.165) is 19.3 Å². The van der Waals surface area contributed by atoms with Gasteiger partial charge in [0.1, 0.15) is 0 Å². The summed E-state index contributed by atoms with van der Waals surface area (Å²) in [6.07, 6.45) is 6.41. The fraction of sp³-hybridized carbons (Fsp3) is 0.700. The highest BCUT2D eigenvalue weighted by Gasteiger charge is 1.98. The second-order valence-electron chi connectivity index (χ2n) is 3.21. The first-order chi connectivity index (χ1) is 6.63. The Morgan fingerprint density at radius 1 is 0.857 bits per heavy atom. The Labute approximate surface area is 83.9 Å². The molecular formula is C10H17O4. The topological polar surface area (TPSA) is 74.6 Å². The van der Waals surface area contributed by atoms with E-state index in [1.807, 2.05) is 6.42 Å². The zero-order valence-electron chi connectivity index (χ0n) is 8.24. The number of carbonyl (C=O) groups is 2. The third-order valence-corrected chi connectivity index (χ3v) is 1.85. The third-order valence-electron chi connectivity index (χ3n) is 1.85. The summed E-state index contributed by atoms with van der Waals surface area (Å²) in [4.78, 5) is 20.3. The van der Waals surface area contributed by atoms with Crippen LogP contribution in [0.1, 0.15) is 44.9 Å². The lowest BCUT2D eigenvalue weighted by atomic mass is 10.1. The van der Waals surface area contributed by atoms with Gasteiger partial charge in [-0.3, -0.25) is 9.59 Å². The highest BCUT2D eigenvalue weighted by Crippen LogP contribution is 2.07. The van der Waals surface area contributed by atoms with Crippen molar-refractivity contribution < 1.29 is 19.8 Å². The molecule has 0 fully saturated rings. The molecular weight excluding hydrogens is 184 g/mol. The Kier molecular flexibility index (Phi) is 7.89. The Morgan fingerprint density at radius 3 is 1.93 bits per heavy atom. The van der Waals surface area contributed by atoms with Crippen molar-refractivity contribution in [3.8, 4) is 0 Å². The van der Waals surface area contributed by atoms with Gasteiger partial charge in [0.2, 0.25) is 0 Å². The summed E-state index contributed by atoms with van der Waals surface area (Å²) in [5.74, 6) is -1.51. The highest BCUT2D eigenvalue weighted by atomic mass is 16.4. The molecule has 0 aromatic rings. The Bertz CT molecular complexity index is 157. The van der Waals surface area contributed by atoms with Crippen LogP contribution in [0.25, 0.3) is 0 Å². The second kappa shape index (κ2) is 8.53. The quantitative estimate of drug-likeness (QED) is 0.560. The van der Waals surface area contributed by atoms with Crippen LogP contribution in [-0.2, 0) is 9.59 Å². The van der Waals surface area contributed by atoms with Crippen LogP contribution in [0.4, 0.5) is 0 Å². The summed E-state index contributed by atoms with van der Waals surface area (Å²) in [7, 11) is 0. The molecule has 0 atom stereocenters. The zero-order chi connectivity index (χ0) is 10.8. The lowest BCUT2D eigenvalue weighted by molar-refractivity contribution is -0.138. The largest absolute Gasteiger partial charge is 0.481 e. The van der Waals surface area contributed by atoms with Crippen LogP contribution in [0.2, 0.25) is 0 Å². The van der Waals surface area contributed by atoms with Crippen molar-refractivity contribution >= 4 is 11.9 Å². The van der Waals surface area contributed by atoms with E-state index in [4.69, 9.17) is 10.2 Å². The van der Waals surface area contributed by atoms with Crippen LogP contribution in [0.15, 0.2) is 0 Å². The minimum absolute atomic E-state index is 0.214. The van der Waals surface area contributed by atoms with Crippen molar-refractivity contribution in [2.45, 2.75) is 44.9 Å². The monoisotopic (exact) mass is 201 g/mol. The van der Waals surface area contributed by atoms with Crippen molar-refractivity contribution in [3.05, 3.63) is 6.42 Å². The van der Waals surface area contributed by atoms with E-state index in [9.17, 15) is 9.59 Å². The zero-order valence-corrected chi connectivity index (χ0v) is 8.24. The van der Waals surface area contributed by atoms with E-state index in [0.29, 0.717) is 12.8 Å². The first kappa shape index (κ1) is 12.9. The molecule has 4 heteroatoms. The predicted molar refractivity (Wildman–Crippen MR) is 51.9 cm³/mol. The molecule has 0 heterocycles. The van der Waals surface area contributed by atoms with Crippen LogP contribution in [0.5, 0.6) is 0 Å². The molecule has 14 heavy (non-hydrogen) atoms. The summed E-state index contributed by atoms with van der Waals surface area (Å²) >= 11 is 0. The van der Waals surface area contributed by atoms with Gasteiger partial charge in [-0.2, -0.15) is 0 Å². The standard InChI is InChI=1S/C10H17O4/c11-9(12)7-5-3-1-2-4-6-8-10(13)14/h1H,2-8H2,(H,11,12)(H,13,14). The molecule has 0 aliphatic carbocycles. The summed E-state index contributed by atoms with van der Waals surface area (Å²) in [6.45, 7) is 0. The maximum Gasteiger partial charge on any atom is 0.303 e. The van der Waals surface area contributed by atoms with E-state index in [1.165, 1.54) is 0 Å². The molecule has 0 saturated heterocycles. The number of hydrogen-bond acceptors (Lipinski definition) is 2. The van der Waals surface area contributed by atoms with E-state index in [-0.39, 0.29) is 12.8 Å². The molecule has 1 radical (unpaired) electrons. The summed E-state index contributed by atoms with van der Waals surface area (Å²) in [5, 5.41) is 16.7. The Morgan fingerprint density at radius 2 is 1.36 bits per heavy atom. The first-order valence-electron chi connectivity index (χ1n) is 4.88. The van der Waals surface area contributed by atoms with Crippen LogP contribution < -0.4 is 0 Å². The fourth-order valence-electron chi connectivity index (χ4n) is 1.11. The molecule has 0 unspecified atom stereocenters. The average Bonchev–Trinajstić information content (AvgIpc) is 2.08. The number of aliphatic carboxylic acids is 2. The maximum absolute atomic E-state index is 10.1. The number of carboxylic acids is 2. The van der Waals surface area contributed by atoms with E-state index < -0.39 is 11.9 Å². The summed E-state index contributed by atoms with van der Waals surface area (Å²) in [5.41, 5.74) is 0. The second-order valence-corrected chi connectivity index (χ2v) is 3.21. The molecule has 0 bridgehead atoms. The molecule has 2 N–H and O–H groups in total. The molecule has 81 valence electrons. The van der Waals surface area contributed by atoms with Crippen LogP contribution in [0, 0.1) is 6.42 Å². The predicted octanol–water partition coefficient (Wildman–Crippen LogP) is 2.09. The van der Waals surface area contributed by atoms with Gasteiger partial charge in [0.25, 0.3) is 0 Å². The SMILES string of the molecule is O=C(O)CCC[CH]CCCCC(=O)O. The van der Waals surface area contributed by atoms with Crippen LogP contribution in [-0.4, -0.2) is 22.2 Å². The lowest BCUT2D eigenvalue weighted by Crippen LogP contribution is -1.95. The molecule has 0 spiro atoms. The van der Waals surface area contributed by atoms with Gasteiger partial charge in [0.15, 0.2) is 0 Å². The average molecular weight is 201 g/mol. The molecule has 0 amide bonds. The van der Waals surface area contributed by atoms with E-state index in [1.54, 1.807) is 0 Å². The van der Waals surface area contributed by atoms with Gasteiger partial charge in [-0.1, -0.05) is 12.8 Å². The fourth-order valence-corrected chi connectivity index (χ4v) is 1.11. The molecule has 4 nitrogen and oxygen atoms in total. The molecule has 0 aromatic carbocycles. The number of rotatable bonds is 9. The number of carboxylic acid groups (broad SMARTS) is 2. The lowest BCUT2D eigenvalue weighted by Gasteiger charge is -1.98. The maximum atomic E-state index is 10.1. The minimum atomic E-state index is -0.760. The van der Waals surface area contributed by atoms with Crippen LogP contribution in [0.3, 0.4) is 0 Å². The van der Waals surface area contributed by atoms with Crippen molar-refractivity contribution in [3.63, 3.8) is 0 Å². The van der Waals surface area contributed by atoms with Gasteiger partial charge in [0.05, 0.1) is 0 Å². The van der Waals surface area contributed by atoms with Gasteiger partial charge < -0.3 is 10.2 Å². The van der Waals surface area contributed by atoms with Crippen molar-refractivity contribution in [1.82, 2.24) is 0 Å². The summed E-state index contributed by atoms with van der Waals surface area (Å²) < 4.78 is 0. The normalized spacial score (nSPS) is 10.0. The molecule has 0 saturated carbocycles. The van der Waals surface area contributed by atoms with Gasteiger partial charge in [0, 0.05) is 12.8 Å². The number of hydrogen-bond donors (Lipinski definition) is 2. The minimum Gasteiger partial charge on any atom is -0.481 e. The molecule has 0 aliphatic rings.